The molecule has 1 fully saturated rings. The third-order valence-electron chi connectivity index (χ3n) is 3.45. The van der Waals surface area contributed by atoms with Crippen LogP contribution >= 0.6 is 0 Å². The Morgan fingerprint density at radius 2 is 2.37 bits per heavy atom. The van der Waals surface area contributed by atoms with Gasteiger partial charge >= 0.3 is 0 Å². The van der Waals surface area contributed by atoms with Crippen molar-refractivity contribution >= 4 is 5.91 Å². The minimum Gasteiger partial charge on any atom is -0.379 e. The maximum atomic E-state index is 12.5. The average molecular weight is 263 g/mol. The van der Waals surface area contributed by atoms with Gasteiger partial charge in [-0.3, -0.25) is 9.78 Å². The molecule has 1 unspecified atom stereocenters. The molecule has 19 heavy (non-hydrogen) atoms. The van der Waals surface area contributed by atoms with Crippen LogP contribution in [-0.4, -0.2) is 41.1 Å². The number of likely N-dealkylation sites (N-methyl/N-ethyl adjacent to an activating group) is 1. The quantitative estimate of drug-likeness (QED) is 0.874. The molecule has 1 saturated heterocycles. The Bertz CT molecular complexity index is 456. The van der Waals surface area contributed by atoms with E-state index < -0.39 is 5.54 Å². The molecular weight excluding hydrogens is 242 g/mol. The predicted molar refractivity (Wildman–Crippen MR) is 72.4 cm³/mol. The summed E-state index contributed by atoms with van der Waals surface area (Å²) in [7, 11) is 0. The number of aromatic nitrogens is 1. The highest BCUT2D eigenvalue weighted by Crippen LogP contribution is 2.19. The maximum absolute atomic E-state index is 12.5. The first-order valence-corrected chi connectivity index (χ1v) is 6.64. The van der Waals surface area contributed by atoms with Crippen molar-refractivity contribution in [2.45, 2.75) is 32.4 Å². The number of nitrogens with zero attached hydrogens (tertiary/aromatic N) is 2. The summed E-state index contributed by atoms with van der Waals surface area (Å²) in [5.74, 6) is -0.0455. The molecule has 104 valence electrons. The zero-order valence-corrected chi connectivity index (χ0v) is 11.6. The Hall–Kier alpha value is -1.46. The summed E-state index contributed by atoms with van der Waals surface area (Å²) >= 11 is 0. The van der Waals surface area contributed by atoms with Crippen molar-refractivity contribution in [2.24, 2.45) is 5.73 Å². The van der Waals surface area contributed by atoms with Crippen LogP contribution in [0.15, 0.2) is 18.2 Å². The van der Waals surface area contributed by atoms with Crippen LogP contribution in [0.1, 0.15) is 24.7 Å². The zero-order valence-electron chi connectivity index (χ0n) is 11.6. The number of carbonyl (C=O) groups is 1. The molecule has 1 aromatic rings. The lowest BCUT2D eigenvalue weighted by Gasteiger charge is -2.29. The summed E-state index contributed by atoms with van der Waals surface area (Å²) in [6.45, 7) is 5.87. The molecule has 1 atom stereocenters. The second-order valence-corrected chi connectivity index (χ2v) is 5.05. The molecular formula is C14H21N3O2. The topological polar surface area (TPSA) is 68.5 Å². The molecule has 1 amide bonds. The Kier molecular flexibility index (Phi) is 4.17. The van der Waals surface area contributed by atoms with E-state index in [0.29, 0.717) is 32.7 Å². The van der Waals surface area contributed by atoms with Crippen molar-refractivity contribution in [1.82, 2.24) is 9.88 Å². The molecule has 0 spiro atoms. The molecule has 0 aliphatic carbocycles. The van der Waals surface area contributed by atoms with E-state index in [1.54, 1.807) is 4.90 Å². The highest BCUT2D eigenvalue weighted by molar-refractivity contribution is 5.86. The second kappa shape index (κ2) is 5.67. The van der Waals surface area contributed by atoms with E-state index >= 15 is 0 Å². The van der Waals surface area contributed by atoms with Gasteiger partial charge in [0.2, 0.25) is 5.91 Å². The van der Waals surface area contributed by atoms with E-state index in [4.69, 9.17) is 10.5 Å². The highest BCUT2D eigenvalue weighted by Gasteiger charge is 2.40. The number of hydrogen-bond donors (Lipinski definition) is 1. The molecule has 2 rings (SSSR count). The Morgan fingerprint density at radius 1 is 1.58 bits per heavy atom. The minimum absolute atomic E-state index is 0.0455. The fourth-order valence-corrected chi connectivity index (χ4v) is 2.27. The molecule has 0 saturated carbocycles. The van der Waals surface area contributed by atoms with Crippen molar-refractivity contribution < 1.29 is 9.53 Å². The van der Waals surface area contributed by atoms with E-state index in [2.05, 4.69) is 4.98 Å². The van der Waals surface area contributed by atoms with E-state index in [1.807, 2.05) is 32.0 Å². The van der Waals surface area contributed by atoms with Gasteiger partial charge in [0.1, 0.15) is 5.54 Å². The first-order valence-electron chi connectivity index (χ1n) is 6.64. The van der Waals surface area contributed by atoms with Gasteiger partial charge in [0.25, 0.3) is 0 Å². The lowest BCUT2D eigenvalue weighted by molar-refractivity contribution is -0.137. The molecule has 0 radical (unpaired) electrons. The molecule has 0 aromatic carbocycles. The lowest BCUT2D eigenvalue weighted by atomic mass is 9.98. The molecule has 0 bridgehead atoms. The number of hydrogen-bond acceptors (Lipinski definition) is 4. The van der Waals surface area contributed by atoms with Crippen LogP contribution in [-0.2, 0) is 16.1 Å². The molecule has 2 N–H and O–H groups in total. The number of rotatable bonds is 4. The molecule has 5 nitrogen and oxygen atoms in total. The van der Waals surface area contributed by atoms with Crippen LogP contribution in [0.4, 0.5) is 0 Å². The summed E-state index contributed by atoms with van der Waals surface area (Å²) < 4.78 is 5.26. The van der Waals surface area contributed by atoms with Crippen molar-refractivity contribution in [3.8, 4) is 0 Å². The van der Waals surface area contributed by atoms with Gasteiger partial charge in [0.15, 0.2) is 0 Å². The third kappa shape index (κ3) is 3.11. The van der Waals surface area contributed by atoms with Crippen LogP contribution in [0.2, 0.25) is 0 Å². The molecule has 1 aliphatic rings. The molecule has 1 aromatic heterocycles. The standard InChI is InChI=1S/C14H21N3O2/c1-3-17(9-12-6-4-5-11(2)16-12)13(18)14(15)7-8-19-10-14/h4-6H,3,7-10,15H2,1-2H3. The Balaban J connectivity index is 2.10. The summed E-state index contributed by atoms with van der Waals surface area (Å²) in [4.78, 5) is 18.7. The fourth-order valence-electron chi connectivity index (χ4n) is 2.27. The van der Waals surface area contributed by atoms with Crippen LogP contribution in [0.3, 0.4) is 0 Å². The normalized spacial score (nSPS) is 22.5. The lowest BCUT2D eigenvalue weighted by Crippen LogP contribution is -2.55. The largest absolute Gasteiger partial charge is 0.379 e. The number of pyridine rings is 1. The van der Waals surface area contributed by atoms with Crippen molar-refractivity contribution in [3.63, 3.8) is 0 Å². The van der Waals surface area contributed by atoms with Crippen LogP contribution in [0, 0.1) is 6.92 Å². The molecule has 5 heteroatoms. The predicted octanol–water partition coefficient (Wildman–Crippen LogP) is 0.856. The van der Waals surface area contributed by atoms with Crippen molar-refractivity contribution in [2.75, 3.05) is 19.8 Å². The smallest absolute Gasteiger partial charge is 0.245 e. The molecule has 1 aliphatic heterocycles. The third-order valence-corrected chi connectivity index (χ3v) is 3.45. The van der Waals surface area contributed by atoms with Gasteiger partial charge in [-0.2, -0.15) is 0 Å². The minimum atomic E-state index is -0.861. The summed E-state index contributed by atoms with van der Waals surface area (Å²) in [6, 6.07) is 5.82. The highest BCUT2D eigenvalue weighted by atomic mass is 16.5. The summed E-state index contributed by atoms with van der Waals surface area (Å²) in [5, 5.41) is 0. The van der Waals surface area contributed by atoms with Gasteiger partial charge in [-0.1, -0.05) is 6.07 Å². The van der Waals surface area contributed by atoms with Gasteiger partial charge in [-0.25, -0.2) is 0 Å². The Morgan fingerprint density at radius 3 is 2.95 bits per heavy atom. The van der Waals surface area contributed by atoms with Crippen LogP contribution in [0.25, 0.3) is 0 Å². The first kappa shape index (κ1) is 14.0. The van der Waals surface area contributed by atoms with E-state index in [9.17, 15) is 4.79 Å². The maximum Gasteiger partial charge on any atom is 0.245 e. The fraction of sp³-hybridized carbons (Fsp3) is 0.571. The monoisotopic (exact) mass is 263 g/mol. The SMILES string of the molecule is CCN(Cc1cccc(C)n1)C(=O)C1(N)CCOC1. The van der Waals surface area contributed by atoms with E-state index in [-0.39, 0.29) is 5.91 Å². The number of carbonyl (C=O) groups excluding carboxylic acids is 1. The van der Waals surface area contributed by atoms with Gasteiger partial charge in [0, 0.05) is 18.8 Å². The van der Waals surface area contributed by atoms with Gasteiger partial charge in [-0.15, -0.1) is 0 Å². The van der Waals surface area contributed by atoms with Crippen LogP contribution < -0.4 is 5.73 Å². The number of nitrogens with two attached hydrogens (primary N) is 1. The van der Waals surface area contributed by atoms with Gasteiger partial charge < -0.3 is 15.4 Å². The molecule has 2 heterocycles. The van der Waals surface area contributed by atoms with Crippen molar-refractivity contribution in [3.05, 3.63) is 29.6 Å². The van der Waals surface area contributed by atoms with E-state index in [0.717, 1.165) is 11.4 Å². The van der Waals surface area contributed by atoms with Crippen molar-refractivity contribution in [1.29, 1.82) is 0 Å². The number of ether oxygens (including phenoxy) is 1. The van der Waals surface area contributed by atoms with Gasteiger partial charge in [0.05, 0.1) is 18.8 Å². The first-order chi connectivity index (χ1) is 9.05. The summed E-state index contributed by atoms with van der Waals surface area (Å²) in [6.07, 6.45) is 0.587. The zero-order chi connectivity index (χ0) is 13.9. The Labute approximate surface area is 113 Å². The van der Waals surface area contributed by atoms with Crippen LogP contribution in [0.5, 0.6) is 0 Å². The average Bonchev–Trinajstić information content (AvgIpc) is 2.83. The second-order valence-electron chi connectivity index (χ2n) is 5.05. The summed E-state index contributed by atoms with van der Waals surface area (Å²) in [5.41, 5.74) is 7.10. The number of aryl methyl sites for hydroxylation is 1. The van der Waals surface area contributed by atoms with Gasteiger partial charge in [-0.05, 0) is 32.4 Å². The van der Waals surface area contributed by atoms with E-state index in [1.165, 1.54) is 0 Å². The number of amides is 1.